The number of nitro groups is 1. The van der Waals surface area contributed by atoms with Crippen molar-refractivity contribution in [2.45, 2.75) is 49.7 Å². The third-order valence-corrected chi connectivity index (χ3v) is 6.43. The number of carbonyl (C=O) groups is 1. The van der Waals surface area contributed by atoms with Gasteiger partial charge >= 0.3 is 5.97 Å². The van der Waals surface area contributed by atoms with Crippen molar-refractivity contribution < 1.29 is 23.9 Å². The van der Waals surface area contributed by atoms with E-state index in [1.165, 1.54) is 30.7 Å². The number of carbonyl (C=O) groups excluding carboxylic acids is 1. The third kappa shape index (κ3) is 3.58. The van der Waals surface area contributed by atoms with E-state index < -0.39 is 10.9 Å². The van der Waals surface area contributed by atoms with Crippen molar-refractivity contribution >= 4 is 11.7 Å². The van der Waals surface area contributed by atoms with Crippen molar-refractivity contribution in [1.82, 2.24) is 0 Å². The van der Waals surface area contributed by atoms with Crippen molar-refractivity contribution in [1.29, 1.82) is 0 Å². The van der Waals surface area contributed by atoms with Crippen LogP contribution in [0.25, 0.3) is 0 Å². The fraction of sp³-hybridized carbons (Fsp3) is 0.650. The van der Waals surface area contributed by atoms with Gasteiger partial charge in [0, 0.05) is 25.7 Å². The summed E-state index contributed by atoms with van der Waals surface area (Å²) in [5.41, 5.74) is 0.0804. The van der Waals surface area contributed by atoms with E-state index in [4.69, 9.17) is 14.2 Å². The van der Waals surface area contributed by atoms with Crippen LogP contribution in [0.15, 0.2) is 24.3 Å². The van der Waals surface area contributed by atoms with Crippen molar-refractivity contribution in [3.05, 3.63) is 39.9 Å². The second kappa shape index (κ2) is 6.87. The van der Waals surface area contributed by atoms with E-state index in [1.54, 1.807) is 0 Å². The topological polar surface area (TPSA) is 87.9 Å². The van der Waals surface area contributed by atoms with Gasteiger partial charge in [-0.05, 0) is 56.1 Å². The number of esters is 1. The summed E-state index contributed by atoms with van der Waals surface area (Å²) in [6, 6.07) is 5.41. The zero-order valence-corrected chi connectivity index (χ0v) is 15.5. The molecule has 0 radical (unpaired) electrons. The summed E-state index contributed by atoms with van der Waals surface area (Å²) in [6.45, 7) is 0.533. The number of methoxy groups -OCH3 is 1. The lowest BCUT2D eigenvalue weighted by molar-refractivity contribution is -0.384. The SMILES string of the molecule is COC12CC3CC(C1)CC(OCCOC(=O)c1ccc([N+](=O)[O-])cc1)(C3)C2. The Morgan fingerprint density at radius 1 is 1.11 bits per heavy atom. The van der Waals surface area contributed by atoms with Crippen molar-refractivity contribution in [2.75, 3.05) is 20.3 Å². The molecule has 5 rings (SSSR count). The van der Waals surface area contributed by atoms with Crippen molar-refractivity contribution in [3.63, 3.8) is 0 Å². The first-order chi connectivity index (χ1) is 12.9. The van der Waals surface area contributed by atoms with Gasteiger partial charge in [0.25, 0.3) is 5.69 Å². The number of hydrogen-bond acceptors (Lipinski definition) is 6. The fourth-order valence-corrected chi connectivity index (χ4v) is 5.70. The number of rotatable bonds is 7. The minimum atomic E-state index is -0.499. The molecule has 1 aromatic carbocycles. The zero-order valence-electron chi connectivity index (χ0n) is 15.5. The van der Waals surface area contributed by atoms with Crippen LogP contribution in [0.1, 0.15) is 48.9 Å². The van der Waals surface area contributed by atoms with E-state index in [0.29, 0.717) is 24.0 Å². The molecule has 4 aliphatic rings. The molecule has 4 saturated carbocycles. The maximum atomic E-state index is 12.1. The van der Waals surface area contributed by atoms with Crippen LogP contribution in [0.4, 0.5) is 5.69 Å². The first kappa shape index (κ1) is 18.4. The van der Waals surface area contributed by atoms with Gasteiger partial charge in [-0.1, -0.05) is 0 Å². The normalized spacial score (nSPS) is 33.8. The molecule has 0 aliphatic heterocycles. The van der Waals surface area contributed by atoms with E-state index in [1.807, 2.05) is 7.11 Å². The molecule has 27 heavy (non-hydrogen) atoms. The van der Waals surface area contributed by atoms with Gasteiger partial charge in [-0.3, -0.25) is 10.1 Å². The molecule has 7 heteroatoms. The van der Waals surface area contributed by atoms with E-state index in [9.17, 15) is 14.9 Å². The van der Waals surface area contributed by atoms with Crippen LogP contribution in [-0.2, 0) is 14.2 Å². The molecule has 4 aliphatic carbocycles. The Labute approximate surface area is 158 Å². The van der Waals surface area contributed by atoms with Crippen LogP contribution >= 0.6 is 0 Å². The summed E-state index contributed by atoms with van der Waals surface area (Å²) < 4.78 is 17.4. The molecule has 4 bridgehead atoms. The largest absolute Gasteiger partial charge is 0.460 e. The van der Waals surface area contributed by atoms with Crippen LogP contribution in [-0.4, -0.2) is 42.4 Å². The molecule has 2 unspecified atom stereocenters. The molecular formula is C20H25NO6. The Hall–Kier alpha value is -1.99. The van der Waals surface area contributed by atoms with Gasteiger partial charge in [-0.25, -0.2) is 4.79 Å². The third-order valence-electron chi connectivity index (χ3n) is 6.43. The minimum Gasteiger partial charge on any atom is -0.460 e. The number of hydrogen-bond donors (Lipinski definition) is 0. The van der Waals surface area contributed by atoms with E-state index in [-0.39, 0.29) is 23.5 Å². The Bertz CT molecular complexity index is 716. The number of ether oxygens (including phenoxy) is 3. The maximum absolute atomic E-state index is 12.1. The lowest BCUT2D eigenvalue weighted by Crippen LogP contribution is -2.60. The van der Waals surface area contributed by atoms with E-state index in [2.05, 4.69) is 0 Å². The molecule has 146 valence electrons. The van der Waals surface area contributed by atoms with E-state index >= 15 is 0 Å². The highest BCUT2D eigenvalue weighted by Crippen LogP contribution is 2.59. The van der Waals surface area contributed by atoms with Crippen LogP contribution in [0, 0.1) is 22.0 Å². The zero-order chi connectivity index (χ0) is 19.1. The first-order valence-electron chi connectivity index (χ1n) is 9.53. The summed E-state index contributed by atoms with van der Waals surface area (Å²) >= 11 is 0. The Balaban J connectivity index is 1.29. The monoisotopic (exact) mass is 375 g/mol. The second-order valence-electron chi connectivity index (χ2n) is 8.32. The average molecular weight is 375 g/mol. The summed E-state index contributed by atoms with van der Waals surface area (Å²) in [5, 5.41) is 10.7. The van der Waals surface area contributed by atoms with Gasteiger partial charge in [0.2, 0.25) is 0 Å². The molecule has 0 spiro atoms. The molecule has 1 aromatic rings. The van der Waals surface area contributed by atoms with Crippen molar-refractivity contribution in [3.8, 4) is 0 Å². The number of benzene rings is 1. The van der Waals surface area contributed by atoms with Crippen LogP contribution in [0.3, 0.4) is 0 Å². The summed E-state index contributed by atoms with van der Waals surface area (Å²) in [6.07, 6.45) is 6.64. The first-order valence-corrected chi connectivity index (χ1v) is 9.53. The van der Waals surface area contributed by atoms with Gasteiger partial charge in [0.15, 0.2) is 0 Å². The minimum absolute atomic E-state index is 0.0283. The molecule has 7 nitrogen and oxygen atoms in total. The lowest BCUT2D eigenvalue weighted by Gasteiger charge is -2.60. The summed E-state index contributed by atoms with van der Waals surface area (Å²) in [5.74, 6) is 0.857. The predicted molar refractivity (Wildman–Crippen MR) is 96.5 cm³/mol. The lowest BCUT2D eigenvalue weighted by atomic mass is 9.52. The second-order valence-corrected chi connectivity index (χ2v) is 8.32. The van der Waals surface area contributed by atoms with Crippen LogP contribution in [0.2, 0.25) is 0 Å². The molecule has 2 atom stereocenters. The van der Waals surface area contributed by atoms with Gasteiger partial charge in [0.1, 0.15) is 6.61 Å². The standard InChI is InChI=1S/C20H25NO6/c1-25-19-9-14-8-15(10-19)12-20(11-14,13-19)27-7-6-26-18(22)16-2-4-17(5-3-16)21(23)24/h2-5,14-15H,6-13H2,1H3. The van der Waals surface area contributed by atoms with Crippen LogP contribution in [0.5, 0.6) is 0 Å². The number of nitrogens with zero attached hydrogens (tertiary/aromatic N) is 1. The number of non-ortho nitro benzene ring substituents is 1. The highest BCUT2D eigenvalue weighted by Gasteiger charge is 2.58. The number of nitro benzene ring substituents is 1. The van der Waals surface area contributed by atoms with Crippen molar-refractivity contribution in [2.24, 2.45) is 11.8 Å². The molecule has 0 aromatic heterocycles. The van der Waals surface area contributed by atoms with E-state index in [0.717, 1.165) is 32.1 Å². The summed E-state index contributed by atoms with van der Waals surface area (Å²) in [4.78, 5) is 22.2. The molecule has 0 amide bonds. The average Bonchev–Trinajstić information content (AvgIpc) is 2.64. The van der Waals surface area contributed by atoms with Gasteiger partial charge in [0.05, 0.1) is 28.3 Å². The molecule has 0 saturated heterocycles. The smallest absolute Gasteiger partial charge is 0.338 e. The molecule has 0 heterocycles. The van der Waals surface area contributed by atoms with Gasteiger partial charge in [-0.15, -0.1) is 0 Å². The predicted octanol–water partition coefficient (Wildman–Crippen LogP) is 3.51. The Kier molecular flexibility index (Phi) is 4.68. The summed E-state index contributed by atoms with van der Waals surface area (Å²) in [7, 11) is 1.81. The molecular weight excluding hydrogens is 350 g/mol. The van der Waals surface area contributed by atoms with Crippen LogP contribution < -0.4 is 0 Å². The molecule has 4 fully saturated rings. The molecule has 0 N–H and O–H groups in total. The van der Waals surface area contributed by atoms with Gasteiger partial charge in [-0.2, -0.15) is 0 Å². The quantitative estimate of drug-likeness (QED) is 0.314. The Morgan fingerprint density at radius 3 is 2.33 bits per heavy atom. The fourth-order valence-electron chi connectivity index (χ4n) is 5.70. The maximum Gasteiger partial charge on any atom is 0.338 e. The Morgan fingerprint density at radius 2 is 1.74 bits per heavy atom. The van der Waals surface area contributed by atoms with Gasteiger partial charge < -0.3 is 14.2 Å². The highest BCUT2D eigenvalue weighted by atomic mass is 16.6. The highest BCUT2D eigenvalue weighted by molar-refractivity contribution is 5.89.